The lowest BCUT2D eigenvalue weighted by atomic mass is 9.91. The van der Waals surface area contributed by atoms with Gasteiger partial charge in [0.2, 0.25) is 0 Å². The molecule has 0 fully saturated rings. The van der Waals surface area contributed by atoms with Crippen LogP contribution in [0.4, 0.5) is 16.2 Å². The zero-order valence-electron chi connectivity index (χ0n) is 19.5. The van der Waals surface area contributed by atoms with Gasteiger partial charge in [-0.05, 0) is 59.7 Å². The number of nitrogens with zero attached hydrogens (tertiary/aromatic N) is 3. The van der Waals surface area contributed by atoms with E-state index in [1.165, 1.54) is 29.3 Å². The molecule has 1 unspecified atom stereocenters. The van der Waals surface area contributed by atoms with E-state index >= 15 is 0 Å². The number of halogens is 1. The third-order valence-corrected chi connectivity index (χ3v) is 6.13. The van der Waals surface area contributed by atoms with Crippen LogP contribution in [-0.4, -0.2) is 28.2 Å². The van der Waals surface area contributed by atoms with E-state index in [-0.39, 0.29) is 17.6 Å². The number of nitro benzene ring substituents is 1. The fourth-order valence-corrected chi connectivity index (χ4v) is 4.15. The molecule has 9 heteroatoms. The Morgan fingerprint density at radius 3 is 2.16 bits per heavy atom. The van der Waals surface area contributed by atoms with Gasteiger partial charge in [-0.2, -0.15) is 5.10 Å². The largest absolute Gasteiger partial charge is 0.457 e. The van der Waals surface area contributed by atoms with Crippen LogP contribution in [0.25, 0.3) is 0 Å². The highest BCUT2D eigenvalue weighted by atomic mass is 35.5. The van der Waals surface area contributed by atoms with Crippen molar-refractivity contribution in [2.75, 3.05) is 11.9 Å². The van der Waals surface area contributed by atoms with E-state index < -0.39 is 4.92 Å². The number of ether oxygens (including phenoxy) is 1. The molecular formula is C28H21ClN4O4. The Morgan fingerprint density at radius 2 is 1.54 bits per heavy atom. The van der Waals surface area contributed by atoms with Gasteiger partial charge in [-0.25, -0.2) is 9.80 Å². The van der Waals surface area contributed by atoms with Crippen LogP contribution in [0.2, 0.25) is 5.02 Å². The summed E-state index contributed by atoms with van der Waals surface area (Å²) in [5.41, 5.74) is 3.33. The molecule has 8 nitrogen and oxygen atoms in total. The van der Waals surface area contributed by atoms with Crippen LogP contribution in [-0.2, 0) is 0 Å². The molecule has 1 N–H and O–H groups in total. The first-order valence-corrected chi connectivity index (χ1v) is 11.8. The molecule has 2 amide bonds. The molecule has 0 aliphatic carbocycles. The minimum Gasteiger partial charge on any atom is -0.457 e. The Morgan fingerprint density at radius 1 is 0.919 bits per heavy atom. The smallest absolute Gasteiger partial charge is 0.342 e. The van der Waals surface area contributed by atoms with Gasteiger partial charge in [0.1, 0.15) is 11.5 Å². The molecule has 0 aromatic heterocycles. The predicted octanol–water partition coefficient (Wildman–Crippen LogP) is 7.08. The van der Waals surface area contributed by atoms with Crippen LogP contribution >= 0.6 is 11.6 Å². The minimum atomic E-state index is -0.466. The number of nitrogens with one attached hydrogen (secondary N) is 1. The van der Waals surface area contributed by atoms with Crippen LogP contribution in [0, 0.1) is 10.1 Å². The quantitative estimate of drug-likeness (QED) is 0.220. The third kappa shape index (κ3) is 5.60. The highest BCUT2D eigenvalue weighted by molar-refractivity contribution is 6.30. The molecule has 184 valence electrons. The molecule has 1 aliphatic heterocycles. The summed E-state index contributed by atoms with van der Waals surface area (Å²) in [6.07, 6.45) is 0. The van der Waals surface area contributed by atoms with Crippen LogP contribution < -0.4 is 10.1 Å². The zero-order chi connectivity index (χ0) is 25.8. The lowest BCUT2D eigenvalue weighted by Crippen LogP contribution is -2.30. The molecule has 1 heterocycles. The van der Waals surface area contributed by atoms with Gasteiger partial charge in [-0.15, -0.1) is 0 Å². The molecular weight excluding hydrogens is 492 g/mol. The molecule has 0 spiro atoms. The monoisotopic (exact) mass is 512 g/mol. The summed E-state index contributed by atoms with van der Waals surface area (Å²) in [6.45, 7) is 0.398. The maximum absolute atomic E-state index is 13.1. The Hall–Kier alpha value is -4.69. The number of hydrogen-bond acceptors (Lipinski definition) is 5. The number of carbonyl (C=O) groups is 1. The summed E-state index contributed by atoms with van der Waals surface area (Å²) in [7, 11) is 0. The summed E-state index contributed by atoms with van der Waals surface area (Å²) in [6, 6.07) is 29.7. The molecule has 4 aromatic carbocycles. The maximum Gasteiger partial charge on any atom is 0.342 e. The van der Waals surface area contributed by atoms with Crippen molar-refractivity contribution in [3.05, 3.63) is 129 Å². The fourth-order valence-electron chi connectivity index (χ4n) is 4.02. The van der Waals surface area contributed by atoms with Crippen molar-refractivity contribution in [1.29, 1.82) is 0 Å². The van der Waals surface area contributed by atoms with Crippen molar-refractivity contribution in [3.63, 3.8) is 0 Å². The van der Waals surface area contributed by atoms with Gasteiger partial charge >= 0.3 is 6.03 Å². The molecule has 1 atom stereocenters. The molecule has 1 aliphatic rings. The highest BCUT2D eigenvalue weighted by Crippen LogP contribution is 2.30. The number of non-ortho nitro benzene ring substituents is 1. The second-order valence-corrected chi connectivity index (χ2v) is 8.78. The molecule has 37 heavy (non-hydrogen) atoms. The first kappa shape index (κ1) is 24.0. The molecule has 4 aromatic rings. The number of hydrogen-bond donors (Lipinski definition) is 1. The van der Waals surface area contributed by atoms with Gasteiger partial charge in [0.15, 0.2) is 0 Å². The molecule has 0 saturated heterocycles. The summed E-state index contributed by atoms with van der Waals surface area (Å²) in [4.78, 5) is 23.4. The number of urea groups is 1. The van der Waals surface area contributed by atoms with Crippen LogP contribution in [0.15, 0.2) is 108 Å². The van der Waals surface area contributed by atoms with Crippen molar-refractivity contribution in [1.82, 2.24) is 5.01 Å². The second-order valence-electron chi connectivity index (χ2n) is 8.35. The number of benzene rings is 4. The van der Waals surface area contributed by atoms with E-state index in [0.717, 1.165) is 16.8 Å². The lowest BCUT2D eigenvalue weighted by Gasteiger charge is -2.16. The van der Waals surface area contributed by atoms with E-state index in [9.17, 15) is 14.9 Å². The summed E-state index contributed by atoms with van der Waals surface area (Å²) in [5, 5.41) is 20.4. The number of anilines is 1. The van der Waals surface area contributed by atoms with Gasteiger partial charge < -0.3 is 10.1 Å². The highest BCUT2D eigenvalue weighted by Gasteiger charge is 2.32. The van der Waals surface area contributed by atoms with Crippen molar-refractivity contribution in [2.45, 2.75) is 5.92 Å². The standard InChI is InChI=1S/C28H21ClN4O4/c29-21-8-6-20(7-9-21)27-26(19-4-2-1-3-5-19)18-32(31-27)28(34)30-22-10-14-24(15-11-22)37-25-16-12-23(13-17-25)33(35)36/h1-17,26H,18H2,(H,30,34). The summed E-state index contributed by atoms with van der Waals surface area (Å²) in [5.74, 6) is 0.918. The minimum absolute atomic E-state index is 0.0105. The van der Waals surface area contributed by atoms with E-state index in [4.69, 9.17) is 16.3 Å². The van der Waals surface area contributed by atoms with Crippen molar-refractivity contribution >= 4 is 34.7 Å². The average molecular weight is 513 g/mol. The Bertz CT molecular complexity index is 1440. The van der Waals surface area contributed by atoms with E-state index in [0.29, 0.717) is 28.8 Å². The average Bonchev–Trinajstić information content (AvgIpc) is 3.37. The lowest BCUT2D eigenvalue weighted by molar-refractivity contribution is -0.384. The van der Waals surface area contributed by atoms with Crippen molar-refractivity contribution < 1.29 is 14.5 Å². The van der Waals surface area contributed by atoms with Gasteiger partial charge in [-0.3, -0.25) is 10.1 Å². The van der Waals surface area contributed by atoms with Gasteiger partial charge in [0.25, 0.3) is 5.69 Å². The van der Waals surface area contributed by atoms with Crippen molar-refractivity contribution in [3.8, 4) is 11.5 Å². The number of nitro groups is 1. The Labute approximate surface area is 217 Å². The Kier molecular flexibility index (Phi) is 6.83. The van der Waals surface area contributed by atoms with Crippen LogP contribution in [0.3, 0.4) is 0 Å². The summed E-state index contributed by atoms with van der Waals surface area (Å²) >= 11 is 6.07. The zero-order valence-corrected chi connectivity index (χ0v) is 20.2. The summed E-state index contributed by atoms with van der Waals surface area (Å²) < 4.78 is 5.73. The number of carbonyl (C=O) groups excluding carboxylic acids is 1. The second kappa shape index (κ2) is 10.5. The first-order chi connectivity index (χ1) is 18.0. The first-order valence-electron chi connectivity index (χ1n) is 11.5. The number of hydrazone groups is 1. The van der Waals surface area contributed by atoms with E-state index in [1.807, 2.05) is 54.6 Å². The van der Waals surface area contributed by atoms with Gasteiger partial charge in [0.05, 0.1) is 17.2 Å². The van der Waals surface area contributed by atoms with Crippen LogP contribution in [0.1, 0.15) is 17.0 Å². The molecule has 0 saturated carbocycles. The van der Waals surface area contributed by atoms with Gasteiger partial charge in [0, 0.05) is 28.8 Å². The molecule has 5 rings (SSSR count). The van der Waals surface area contributed by atoms with E-state index in [2.05, 4.69) is 10.4 Å². The van der Waals surface area contributed by atoms with E-state index in [1.54, 1.807) is 24.3 Å². The maximum atomic E-state index is 13.1. The van der Waals surface area contributed by atoms with Crippen LogP contribution in [0.5, 0.6) is 11.5 Å². The predicted molar refractivity (Wildman–Crippen MR) is 143 cm³/mol. The van der Waals surface area contributed by atoms with Crippen molar-refractivity contribution in [2.24, 2.45) is 5.10 Å². The fraction of sp³-hybridized carbons (Fsp3) is 0.0714. The molecule has 0 bridgehead atoms. The SMILES string of the molecule is O=C(Nc1ccc(Oc2ccc([N+](=O)[O-])cc2)cc1)N1CC(c2ccccc2)C(c2ccc(Cl)cc2)=N1. The molecule has 0 radical (unpaired) electrons. The Balaban J connectivity index is 1.29. The topological polar surface area (TPSA) is 97.1 Å². The number of rotatable bonds is 6. The number of amides is 2. The third-order valence-electron chi connectivity index (χ3n) is 5.88. The normalized spacial score (nSPS) is 14.7. The van der Waals surface area contributed by atoms with Gasteiger partial charge in [-0.1, -0.05) is 54.1 Å².